The summed E-state index contributed by atoms with van der Waals surface area (Å²) in [6.45, 7) is 3.83. The Morgan fingerprint density at radius 2 is 1.54 bits per heavy atom. The maximum Gasteiger partial charge on any atom is 0.257 e. The number of hydrogen-bond donors (Lipinski definition) is 1. The van der Waals surface area contributed by atoms with Crippen molar-refractivity contribution in [3.63, 3.8) is 0 Å². The van der Waals surface area contributed by atoms with Crippen LogP contribution in [0.4, 0.5) is 0 Å². The molecule has 1 aliphatic rings. The number of phenolic OH excluding ortho intramolecular Hbond substituents is 1. The molecule has 1 saturated heterocycles. The standard InChI is InChI=1S/C20H21ClN2O3/c1-2-14-3-5-15(6-4-14)19(25)22-9-11-23(12-10-22)20(26)17-13-16(21)7-8-18(17)24/h3-8,13,24H,2,9-12H2,1H3. The van der Waals surface area contributed by atoms with E-state index in [0.29, 0.717) is 36.8 Å². The number of hydrogen-bond acceptors (Lipinski definition) is 3. The average Bonchev–Trinajstić information content (AvgIpc) is 2.69. The number of amides is 2. The Labute approximate surface area is 157 Å². The molecule has 0 aromatic heterocycles. The molecule has 6 heteroatoms. The highest BCUT2D eigenvalue weighted by Crippen LogP contribution is 2.23. The molecule has 0 saturated carbocycles. The topological polar surface area (TPSA) is 60.9 Å². The van der Waals surface area contributed by atoms with E-state index in [9.17, 15) is 14.7 Å². The average molecular weight is 373 g/mol. The minimum atomic E-state index is -0.274. The zero-order chi connectivity index (χ0) is 18.7. The first-order chi connectivity index (χ1) is 12.5. The van der Waals surface area contributed by atoms with Gasteiger partial charge in [-0.2, -0.15) is 0 Å². The summed E-state index contributed by atoms with van der Waals surface area (Å²) in [7, 11) is 0. The molecular formula is C20H21ClN2O3. The van der Waals surface area contributed by atoms with E-state index in [1.807, 2.05) is 24.3 Å². The number of halogens is 1. The van der Waals surface area contributed by atoms with Gasteiger partial charge in [0.1, 0.15) is 5.75 Å². The van der Waals surface area contributed by atoms with Crippen LogP contribution in [0, 0.1) is 0 Å². The molecule has 0 bridgehead atoms. The molecule has 0 atom stereocenters. The van der Waals surface area contributed by atoms with Gasteiger partial charge in [-0.05, 0) is 42.3 Å². The van der Waals surface area contributed by atoms with Gasteiger partial charge in [0.05, 0.1) is 5.56 Å². The molecule has 1 fully saturated rings. The third-order valence-electron chi connectivity index (χ3n) is 4.65. The molecule has 1 aliphatic heterocycles. The number of nitrogens with zero attached hydrogens (tertiary/aromatic N) is 2. The van der Waals surface area contributed by atoms with Crippen molar-refractivity contribution in [2.24, 2.45) is 0 Å². The second-order valence-corrected chi connectivity index (χ2v) is 6.73. The lowest BCUT2D eigenvalue weighted by Crippen LogP contribution is -2.50. The number of piperazine rings is 1. The Hall–Kier alpha value is -2.53. The van der Waals surface area contributed by atoms with Crippen molar-refractivity contribution in [1.82, 2.24) is 9.80 Å². The molecule has 26 heavy (non-hydrogen) atoms. The number of phenols is 1. The van der Waals surface area contributed by atoms with Crippen molar-refractivity contribution in [1.29, 1.82) is 0 Å². The highest BCUT2D eigenvalue weighted by molar-refractivity contribution is 6.31. The van der Waals surface area contributed by atoms with Crippen LogP contribution in [-0.4, -0.2) is 52.9 Å². The highest BCUT2D eigenvalue weighted by atomic mass is 35.5. The zero-order valence-electron chi connectivity index (χ0n) is 14.6. The van der Waals surface area contributed by atoms with Crippen LogP contribution in [0.2, 0.25) is 5.02 Å². The van der Waals surface area contributed by atoms with E-state index in [0.717, 1.165) is 6.42 Å². The van der Waals surface area contributed by atoms with Gasteiger partial charge in [-0.1, -0.05) is 30.7 Å². The summed E-state index contributed by atoms with van der Waals surface area (Å²) in [6.07, 6.45) is 0.936. The predicted octanol–water partition coefficient (Wildman–Crippen LogP) is 3.21. The molecule has 1 heterocycles. The Morgan fingerprint density at radius 3 is 2.12 bits per heavy atom. The normalized spacial score (nSPS) is 14.4. The van der Waals surface area contributed by atoms with Crippen LogP contribution in [0.3, 0.4) is 0 Å². The van der Waals surface area contributed by atoms with Crippen molar-refractivity contribution < 1.29 is 14.7 Å². The van der Waals surface area contributed by atoms with Gasteiger partial charge in [0.15, 0.2) is 0 Å². The third-order valence-corrected chi connectivity index (χ3v) is 4.89. The number of benzene rings is 2. The Kier molecular flexibility index (Phi) is 5.47. The number of rotatable bonds is 3. The fraction of sp³-hybridized carbons (Fsp3) is 0.300. The Morgan fingerprint density at radius 1 is 0.962 bits per heavy atom. The lowest BCUT2D eigenvalue weighted by molar-refractivity contribution is 0.0533. The second-order valence-electron chi connectivity index (χ2n) is 6.30. The van der Waals surface area contributed by atoms with Crippen molar-refractivity contribution in [3.8, 4) is 5.75 Å². The van der Waals surface area contributed by atoms with E-state index >= 15 is 0 Å². The van der Waals surface area contributed by atoms with Crippen LogP contribution >= 0.6 is 11.6 Å². The van der Waals surface area contributed by atoms with Crippen LogP contribution in [0.5, 0.6) is 5.75 Å². The summed E-state index contributed by atoms with van der Waals surface area (Å²) in [5.74, 6) is -0.385. The SMILES string of the molecule is CCc1ccc(C(=O)N2CCN(C(=O)c3cc(Cl)ccc3O)CC2)cc1. The van der Waals surface area contributed by atoms with Gasteiger partial charge in [-0.15, -0.1) is 0 Å². The zero-order valence-corrected chi connectivity index (χ0v) is 15.4. The van der Waals surface area contributed by atoms with Crippen LogP contribution in [0.15, 0.2) is 42.5 Å². The number of aromatic hydroxyl groups is 1. The van der Waals surface area contributed by atoms with Gasteiger partial charge >= 0.3 is 0 Å². The summed E-state index contributed by atoms with van der Waals surface area (Å²) < 4.78 is 0. The maximum absolute atomic E-state index is 12.6. The van der Waals surface area contributed by atoms with Gasteiger partial charge in [-0.25, -0.2) is 0 Å². The molecule has 136 valence electrons. The van der Waals surface area contributed by atoms with Crippen LogP contribution in [0.1, 0.15) is 33.2 Å². The fourth-order valence-corrected chi connectivity index (χ4v) is 3.20. The molecule has 2 aromatic carbocycles. The summed E-state index contributed by atoms with van der Waals surface area (Å²) in [4.78, 5) is 28.6. The number of aryl methyl sites for hydroxylation is 1. The van der Waals surface area contributed by atoms with Crippen LogP contribution in [0.25, 0.3) is 0 Å². The molecule has 1 N–H and O–H groups in total. The van der Waals surface area contributed by atoms with Gasteiger partial charge in [-0.3, -0.25) is 9.59 Å². The Bertz CT molecular complexity index is 812. The van der Waals surface area contributed by atoms with E-state index in [1.54, 1.807) is 9.80 Å². The van der Waals surface area contributed by atoms with E-state index < -0.39 is 0 Å². The van der Waals surface area contributed by atoms with Gasteiger partial charge in [0.2, 0.25) is 0 Å². The molecule has 0 spiro atoms. The lowest BCUT2D eigenvalue weighted by atomic mass is 10.1. The first-order valence-electron chi connectivity index (χ1n) is 8.65. The van der Waals surface area contributed by atoms with Crippen molar-refractivity contribution in [2.75, 3.05) is 26.2 Å². The summed E-state index contributed by atoms with van der Waals surface area (Å²) in [6, 6.07) is 12.0. The molecular weight excluding hydrogens is 352 g/mol. The van der Waals surface area contributed by atoms with E-state index in [4.69, 9.17) is 11.6 Å². The number of carbonyl (C=O) groups excluding carboxylic acids is 2. The summed E-state index contributed by atoms with van der Waals surface area (Å²) >= 11 is 5.92. The molecule has 0 radical (unpaired) electrons. The summed E-state index contributed by atoms with van der Waals surface area (Å²) in [5.41, 5.74) is 2.04. The quantitative estimate of drug-likeness (QED) is 0.900. The minimum Gasteiger partial charge on any atom is -0.507 e. The van der Waals surface area contributed by atoms with E-state index in [1.165, 1.54) is 23.8 Å². The van der Waals surface area contributed by atoms with E-state index in [-0.39, 0.29) is 23.1 Å². The molecule has 2 amide bonds. The van der Waals surface area contributed by atoms with Crippen molar-refractivity contribution in [2.45, 2.75) is 13.3 Å². The third kappa shape index (κ3) is 3.83. The van der Waals surface area contributed by atoms with Gasteiger partial charge in [0, 0.05) is 36.8 Å². The first kappa shape index (κ1) is 18.3. The predicted molar refractivity (Wildman–Crippen MR) is 101 cm³/mol. The van der Waals surface area contributed by atoms with Crippen LogP contribution in [-0.2, 0) is 6.42 Å². The summed E-state index contributed by atoms with van der Waals surface area (Å²) in [5, 5.41) is 10.3. The van der Waals surface area contributed by atoms with Crippen LogP contribution < -0.4 is 0 Å². The smallest absolute Gasteiger partial charge is 0.257 e. The van der Waals surface area contributed by atoms with Gasteiger partial charge in [0.25, 0.3) is 11.8 Å². The Balaban J connectivity index is 1.64. The van der Waals surface area contributed by atoms with Gasteiger partial charge < -0.3 is 14.9 Å². The second kappa shape index (κ2) is 7.79. The monoisotopic (exact) mass is 372 g/mol. The molecule has 2 aromatic rings. The van der Waals surface area contributed by atoms with Crippen molar-refractivity contribution >= 4 is 23.4 Å². The fourth-order valence-electron chi connectivity index (χ4n) is 3.03. The van der Waals surface area contributed by atoms with E-state index in [2.05, 4.69) is 6.92 Å². The highest BCUT2D eigenvalue weighted by Gasteiger charge is 2.26. The van der Waals surface area contributed by atoms with Crippen molar-refractivity contribution in [3.05, 3.63) is 64.2 Å². The maximum atomic E-state index is 12.6. The minimum absolute atomic E-state index is 0.0228. The molecule has 5 nitrogen and oxygen atoms in total. The first-order valence-corrected chi connectivity index (χ1v) is 9.03. The number of carbonyl (C=O) groups is 2. The molecule has 3 rings (SSSR count). The largest absolute Gasteiger partial charge is 0.507 e. The molecule has 0 unspecified atom stereocenters. The molecule has 0 aliphatic carbocycles. The lowest BCUT2D eigenvalue weighted by Gasteiger charge is -2.35.